The number of benzene rings is 1. The lowest BCUT2D eigenvalue weighted by atomic mass is 10.0. The second-order valence-electron chi connectivity index (χ2n) is 6.63. The average Bonchev–Trinajstić information content (AvgIpc) is 3.03. The number of aliphatic hydroxyl groups is 1. The first-order chi connectivity index (χ1) is 11.6. The highest BCUT2D eigenvalue weighted by Gasteiger charge is 2.21. The summed E-state index contributed by atoms with van der Waals surface area (Å²) < 4.78 is 11.0. The Kier molecular flexibility index (Phi) is 7.74. The Labute approximate surface area is 145 Å². The van der Waals surface area contributed by atoms with Gasteiger partial charge < -0.3 is 14.6 Å². The van der Waals surface area contributed by atoms with Gasteiger partial charge in [0.25, 0.3) is 0 Å². The van der Waals surface area contributed by atoms with Crippen molar-refractivity contribution in [3.8, 4) is 12.3 Å². The molecule has 1 heterocycles. The maximum absolute atomic E-state index is 10.2. The molecule has 4 heteroatoms. The fraction of sp³-hybridized carbons (Fsp3) is 0.600. The van der Waals surface area contributed by atoms with Crippen LogP contribution in [0.4, 0.5) is 0 Å². The lowest BCUT2D eigenvalue weighted by Crippen LogP contribution is -2.39. The van der Waals surface area contributed by atoms with Crippen LogP contribution in [-0.2, 0) is 16.0 Å². The summed E-state index contributed by atoms with van der Waals surface area (Å²) in [5.74, 6) is 2.42. The van der Waals surface area contributed by atoms with Gasteiger partial charge in [0.15, 0.2) is 0 Å². The van der Waals surface area contributed by atoms with Crippen LogP contribution in [-0.4, -0.2) is 55.1 Å². The van der Waals surface area contributed by atoms with E-state index in [9.17, 15) is 5.11 Å². The third-order valence-corrected chi connectivity index (χ3v) is 4.34. The van der Waals surface area contributed by atoms with Gasteiger partial charge in [0.2, 0.25) is 0 Å². The minimum Gasteiger partial charge on any atom is -0.389 e. The van der Waals surface area contributed by atoms with Gasteiger partial charge in [-0.1, -0.05) is 29.7 Å². The minimum atomic E-state index is -0.550. The zero-order valence-electron chi connectivity index (χ0n) is 14.8. The normalized spacial score (nSPS) is 18.7. The first kappa shape index (κ1) is 19.0. The van der Waals surface area contributed by atoms with E-state index >= 15 is 0 Å². The van der Waals surface area contributed by atoms with Crippen molar-refractivity contribution in [2.45, 2.75) is 45.4 Å². The van der Waals surface area contributed by atoms with Gasteiger partial charge in [-0.3, -0.25) is 4.90 Å². The van der Waals surface area contributed by atoms with Crippen LogP contribution in [0.15, 0.2) is 18.2 Å². The Bertz CT molecular complexity index is 546. The van der Waals surface area contributed by atoms with Gasteiger partial charge in [0.05, 0.1) is 18.8 Å². The van der Waals surface area contributed by atoms with Crippen molar-refractivity contribution in [3.05, 3.63) is 34.9 Å². The summed E-state index contributed by atoms with van der Waals surface area (Å²) in [6, 6.07) is 6.51. The van der Waals surface area contributed by atoms with E-state index in [0.29, 0.717) is 6.54 Å². The van der Waals surface area contributed by atoms with E-state index in [1.54, 1.807) is 0 Å². The lowest BCUT2D eigenvalue weighted by Gasteiger charge is -2.28. The van der Waals surface area contributed by atoms with Crippen LogP contribution < -0.4 is 0 Å². The van der Waals surface area contributed by atoms with Crippen molar-refractivity contribution < 1.29 is 14.6 Å². The first-order valence-corrected chi connectivity index (χ1v) is 8.68. The van der Waals surface area contributed by atoms with E-state index < -0.39 is 6.10 Å². The predicted molar refractivity (Wildman–Crippen MR) is 95.8 cm³/mol. The molecule has 1 fully saturated rings. The van der Waals surface area contributed by atoms with Gasteiger partial charge >= 0.3 is 0 Å². The van der Waals surface area contributed by atoms with Crippen LogP contribution in [0.1, 0.15) is 29.5 Å². The highest BCUT2D eigenvalue weighted by atomic mass is 16.5. The molecule has 0 amide bonds. The monoisotopic (exact) mass is 331 g/mol. The summed E-state index contributed by atoms with van der Waals surface area (Å²) in [4.78, 5) is 2.26. The molecule has 0 radical (unpaired) electrons. The van der Waals surface area contributed by atoms with E-state index in [1.807, 2.05) is 0 Å². The number of hydrogen-bond donors (Lipinski definition) is 1. The van der Waals surface area contributed by atoms with E-state index in [2.05, 4.69) is 42.9 Å². The summed E-state index contributed by atoms with van der Waals surface area (Å²) in [5, 5.41) is 10.2. The molecular weight excluding hydrogens is 302 g/mol. The highest BCUT2D eigenvalue weighted by Crippen LogP contribution is 2.17. The Morgan fingerprint density at radius 2 is 2.29 bits per heavy atom. The van der Waals surface area contributed by atoms with Gasteiger partial charge in [-0.15, -0.1) is 6.42 Å². The van der Waals surface area contributed by atoms with Crippen molar-refractivity contribution in [2.75, 3.05) is 32.9 Å². The third kappa shape index (κ3) is 6.26. The van der Waals surface area contributed by atoms with E-state index in [0.717, 1.165) is 32.5 Å². The molecule has 1 aliphatic heterocycles. The van der Waals surface area contributed by atoms with Crippen molar-refractivity contribution in [2.24, 2.45) is 0 Å². The molecule has 4 nitrogen and oxygen atoms in total. The molecule has 132 valence electrons. The smallest absolute Gasteiger partial charge is 0.107 e. The number of aryl methyl sites for hydroxylation is 2. The molecule has 0 unspecified atom stereocenters. The Balaban J connectivity index is 1.97. The zero-order valence-corrected chi connectivity index (χ0v) is 14.8. The standard InChI is InChI=1S/C20H29NO3/c1-4-9-23-15-19(22)13-21(14-20-6-5-10-24-20)12-18-8-7-16(2)11-17(18)3/h1,7-8,11,19-20,22H,5-6,9-10,12-15H2,2-3H3/t19-,20+/m1/s1. The summed E-state index contributed by atoms with van der Waals surface area (Å²) in [7, 11) is 0. The molecule has 1 N–H and O–H groups in total. The molecule has 2 rings (SSSR count). The van der Waals surface area contributed by atoms with Crippen LogP contribution in [0.5, 0.6) is 0 Å². The fourth-order valence-electron chi connectivity index (χ4n) is 3.15. The summed E-state index contributed by atoms with van der Waals surface area (Å²) in [6.45, 7) is 7.77. The van der Waals surface area contributed by atoms with Crippen LogP contribution in [0.3, 0.4) is 0 Å². The second kappa shape index (κ2) is 9.80. The van der Waals surface area contributed by atoms with Crippen molar-refractivity contribution in [1.29, 1.82) is 0 Å². The fourth-order valence-corrected chi connectivity index (χ4v) is 3.15. The second-order valence-corrected chi connectivity index (χ2v) is 6.63. The topological polar surface area (TPSA) is 41.9 Å². The predicted octanol–water partition coefficient (Wildman–Crippen LogP) is 2.30. The summed E-state index contributed by atoms with van der Waals surface area (Å²) in [5.41, 5.74) is 3.84. The molecule has 0 saturated carbocycles. The minimum absolute atomic E-state index is 0.236. The molecule has 0 aromatic heterocycles. The number of nitrogens with zero attached hydrogens (tertiary/aromatic N) is 1. The summed E-state index contributed by atoms with van der Waals surface area (Å²) >= 11 is 0. The van der Waals surface area contributed by atoms with Crippen LogP contribution in [0.2, 0.25) is 0 Å². The average molecular weight is 331 g/mol. The van der Waals surface area contributed by atoms with Gasteiger partial charge in [0.1, 0.15) is 6.61 Å². The van der Waals surface area contributed by atoms with Gasteiger partial charge in [-0.05, 0) is 37.8 Å². The molecule has 24 heavy (non-hydrogen) atoms. The SMILES string of the molecule is C#CCOC[C@H](O)CN(Cc1ccc(C)cc1C)C[C@@H]1CCCO1. The Hall–Kier alpha value is -1.38. The molecule has 0 spiro atoms. The van der Waals surface area contributed by atoms with E-state index in [4.69, 9.17) is 15.9 Å². The Morgan fingerprint density at radius 3 is 2.96 bits per heavy atom. The molecule has 0 aliphatic carbocycles. The van der Waals surface area contributed by atoms with Crippen molar-refractivity contribution >= 4 is 0 Å². The highest BCUT2D eigenvalue weighted by molar-refractivity contribution is 5.30. The van der Waals surface area contributed by atoms with Crippen molar-refractivity contribution in [1.82, 2.24) is 4.90 Å². The zero-order chi connectivity index (χ0) is 17.4. The van der Waals surface area contributed by atoms with Gasteiger partial charge in [-0.25, -0.2) is 0 Å². The van der Waals surface area contributed by atoms with Gasteiger partial charge in [-0.2, -0.15) is 0 Å². The number of rotatable bonds is 9. The van der Waals surface area contributed by atoms with E-state index in [-0.39, 0.29) is 19.3 Å². The third-order valence-electron chi connectivity index (χ3n) is 4.34. The maximum Gasteiger partial charge on any atom is 0.107 e. The quantitative estimate of drug-likeness (QED) is 0.557. The molecule has 1 aliphatic rings. The molecule has 1 saturated heterocycles. The molecule has 1 aromatic carbocycles. The van der Waals surface area contributed by atoms with Gasteiger partial charge in [0, 0.05) is 26.2 Å². The van der Waals surface area contributed by atoms with Crippen LogP contribution >= 0.6 is 0 Å². The molecule has 2 atom stereocenters. The van der Waals surface area contributed by atoms with Crippen LogP contribution in [0.25, 0.3) is 0 Å². The van der Waals surface area contributed by atoms with Crippen molar-refractivity contribution in [3.63, 3.8) is 0 Å². The molecular formula is C20H29NO3. The lowest BCUT2D eigenvalue weighted by molar-refractivity contribution is 0.00950. The maximum atomic E-state index is 10.2. The largest absolute Gasteiger partial charge is 0.389 e. The molecule has 1 aromatic rings. The number of hydrogen-bond acceptors (Lipinski definition) is 4. The number of aliphatic hydroxyl groups excluding tert-OH is 1. The van der Waals surface area contributed by atoms with Crippen LogP contribution in [0, 0.1) is 26.2 Å². The number of terminal acetylenes is 1. The Morgan fingerprint density at radius 1 is 1.46 bits per heavy atom. The summed E-state index contributed by atoms with van der Waals surface area (Å²) in [6.07, 6.45) is 7.09. The first-order valence-electron chi connectivity index (χ1n) is 8.68. The van der Waals surface area contributed by atoms with E-state index in [1.165, 1.54) is 16.7 Å². The number of ether oxygens (including phenoxy) is 2. The molecule has 0 bridgehead atoms.